The Kier molecular flexibility index (Phi) is 4.39. The van der Waals surface area contributed by atoms with Crippen LogP contribution in [0.1, 0.15) is 45.4 Å². The summed E-state index contributed by atoms with van der Waals surface area (Å²) in [5.41, 5.74) is 0.0421. The maximum absolute atomic E-state index is 11.3. The first-order chi connectivity index (χ1) is 6.72. The van der Waals surface area contributed by atoms with Gasteiger partial charge in [-0.2, -0.15) is 0 Å². The van der Waals surface area contributed by atoms with Crippen molar-refractivity contribution in [3.63, 3.8) is 0 Å². The van der Waals surface area contributed by atoms with Crippen LogP contribution in [-0.2, 0) is 4.79 Å². The number of hydrogen-bond donors (Lipinski definition) is 2. The first-order valence-electron chi connectivity index (χ1n) is 5.60. The third kappa shape index (κ3) is 3.66. The van der Waals surface area contributed by atoms with Crippen LogP contribution in [0.25, 0.3) is 0 Å². The van der Waals surface area contributed by atoms with Gasteiger partial charge in [0.2, 0.25) is 5.91 Å². The number of nitrogens with one attached hydrogen (secondary N) is 1. The highest BCUT2D eigenvalue weighted by molar-refractivity contribution is 5.75. The van der Waals surface area contributed by atoms with Crippen molar-refractivity contribution in [3.05, 3.63) is 0 Å². The van der Waals surface area contributed by atoms with E-state index in [1.54, 1.807) is 0 Å². The highest BCUT2D eigenvalue weighted by Gasteiger charge is 2.41. The van der Waals surface area contributed by atoms with E-state index in [0.717, 1.165) is 32.1 Å². The summed E-state index contributed by atoms with van der Waals surface area (Å²) in [6, 6.07) is 0. The molecule has 0 saturated heterocycles. The largest absolute Gasteiger partial charge is 0.396 e. The highest BCUT2D eigenvalue weighted by atomic mass is 16.3. The molecule has 14 heavy (non-hydrogen) atoms. The van der Waals surface area contributed by atoms with Gasteiger partial charge < -0.3 is 10.4 Å². The molecule has 0 heterocycles. The summed E-state index contributed by atoms with van der Waals surface area (Å²) in [7, 11) is 0. The predicted octanol–water partition coefficient (Wildman–Crippen LogP) is 1.46. The van der Waals surface area contributed by atoms with Gasteiger partial charge in [-0.3, -0.25) is 4.79 Å². The van der Waals surface area contributed by atoms with Crippen LogP contribution in [-0.4, -0.2) is 24.2 Å². The molecule has 1 rings (SSSR count). The van der Waals surface area contributed by atoms with Gasteiger partial charge in [0.25, 0.3) is 0 Å². The molecule has 1 aliphatic rings. The first kappa shape index (κ1) is 11.5. The lowest BCUT2D eigenvalue weighted by molar-refractivity contribution is -0.121. The second kappa shape index (κ2) is 5.35. The van der Waals surface area contributed by atoms with Crippen molar-refractivity contribution in [1.82, 2.24) is 5.32 Å². The highest BCUT2D eigenvalue weighted by Crippen LogP contribution is 2.44. The summed E-state index contributed by atoms with van der Waals surface area (Å²) < 4.78 is 0. The van der Waals surface area contributed by atoms with Crippen LogP contribution in [0.5, 0.6) is 0 Å². The Hall–Kier alpha value is -0.570. The molecule has 3 nitrogen and oxygen atoms in total. The van der Waals surface area contributed by atoms with Gasteiger partial charge in [-0.1, -0.05) is 19.8 Å². The minimum atomic E-state index is 0.0421. The molecule has 0 unspecified atom stereocenters. The molecule has 1 fully saturated rings. The van der Waals surface area contributed by atoms with Crippen molar-refractivity contribution < 1.29 is 9.90 Å². The SMILES string of the molecule is CCCCCC(=O)NCC1(CO)CC1. The van der Waals surface area contributed by atoms with Crippen molar-refractivity contribution in [1.29, 1.82) is 0 Å². The fraction of sp³-hybridized carbons (Fsp3) is 0.909. The number of amides is 1. The van der Waals surface area contributed by atoms with Crippen LogP contribution in [0.3, 0.4) is 0 Å². The van der Waals surface area contributed by atoms with Crippen LogP contribution >= 0.6 is 0 Å². The fourth-order valence-electron chi connectivity index (χ4n) is 1.48. The Morgan fingerprint density at radius 2 is 2.14 bits per heavy atom. The summed E-state index contributed by atoms with van der Waals surface area (Å²) >= 11 is 0. The third-order valence-corrected chi connectivity index (χ3v) is 2.96. The maximum Gasteiger partial charge on any atom is 0.220 e. The summed E-state index contributed by atoms with van der Waals surface area (Å²) in [5.74, 6) is 0.137. The summed E-state index contributed by atoms with van der Waals surface area (Å²) in [4.78, 5) is 11.3. The van der Waals surface area contributed by atoms with Crippen molar-refractivity contribution >= 4 is 5.91 Å². The molecule has 1 amide bonds. The average molecular weight is 199 g/mol. The molecule has 0 spiro atoms. The van der Waals surface area contributed by atoms with Gasteiger partial charge in [-0.15, -0.1) is 0 Å². The molecule has 82 valence electrons. The van der Waals surface area contributed by atoms with E-state index in [1.165, 1.54) is 0 Å². The number of hydrogen-bond acceptors (Lipinski definition) is 2. The molecular formula is C11H21NO2. The minimum absolute atomic E-state index is 0.0421. The zero-order valence-corrected chi connectivity index (χ0v) is 9.01. The topological polar surface area (TPSA) is 49.3 Å². The zero-order valence-electron chi connectivity index (χ0n) is 9.01. The Morgan fingerprint density at radius 1 is 1.43 bits per heavy atom. The predicted molar refractivity (Wildman–Crippen MR) is 55.9 cm³/mol. The van der Waals surface area contributed by atoms with Crippen LogP contribution in [0.15, 0.2) is 0 Å². The van der Waals surface area contributed by atoms with E-state index in [2.05, 4.69) is 12.2 Å². The van der Waals surface area contributed by atoms with E-state index in [9.17, 15) is 4.79 Å². The lowest BCUT2D eigenvalue weighted by atomic mass is 10.1. The third-order valence-electron chi connectivity index (χ3n) is 2.96. The van der Waals surface area contributed by atoms with E-state index >= 15 is 0 Å². The van der Waals surface area contributed by atoms with Crippen molar-refractivity contribution in [3.8, 4) is 0 Å². The number of unbranched alkanes of at least 4 members (excludes halogenated alkanes) is 2. The Labute approximate surface area is 85.9 Å². The van der Waals surface area contributed by atoms with Crippen molar-refractivity contribution in [2.75, 3.05) is 13.2 Å². The number of aliphatic hydroxyl groups is 1. The second-order valence-electron chi connectivity index (χ2n) is 4.39. The van der Waals surface area contributed by atoms with E-state index in [-0.39, 0.29) is 17.9 Å². The van der Waals surface area contributed by atoms with E-state index in [1.807, 2.05) is 0 Å². The van der Waals surface area contributed by atoms with Gasteiger partial charge in [0, 0.05) is 18.4 Å². The Bertz CT molecular complexity index is 188. The van der Waals surface area contributed by atoms with Gasteiger partial charge in [0.1, 0.15) is 0 Å². The molecular weight excluding hydrogens is 178 g/mol. The smallest absolute Gasteiger partial charge is 0.220 e. The van der Waals surface area contributed by atoms with Crippen LogP contribution in [0, 0.1) is 5.41 Å². The second-order valence-corrected chi connectivity index (χ2v) is 4.39. The van der Waals surface area contributed by atoms with Crippen molar-refractivity contribution in [2.45, 2.75) is 45.4 Å². The van der Waals surface area contributed by atoms with Gasteiger partial charge in [0.15, 0.2) is 0 Å². The van der Waals surface area contributed by atoms with E-state index in [0.29, 0.717) is 13.0 Å². The molecule has 0 bridgehead atoms. The molecule has 0 atom stereocenters. The summed E-state index contributed by atoms with van der Waals surface area (Å²) in [6.07, 6.45) is 5.99. The van der Waals surface area contributed by atoms with Gasteiger partial charge in [0.05, 0.1) is 6.61 Å². The monoisotopic (exact) mass is 199 g/mol. The van der Waals surface area contributed by atoms with E-state index < -0.39 is 0 Å². The van der Waals surface area contributed by atoms with Gasteiger partial charge in [-0.05, 0) is 19.3 Å². The molecule has 1 saturated carbocycles. The lowest BCUT2D eigenvalue weighted by Gasteiger charge is -2.12. The molecule has 2 N–H and O–H groups in total. The summed E-state index contributed by atoms with van der Waals surface area (Å²) in [6.45, 7) is 3.00. The lowest BCUT2D eigenvalue weighted by Crippen LogP contribution is -2.31. The number of carbonyl (C=O) groups is 1. The normalized spacial score (nSPS) is 17.9. The quantitative estimate of drug-likeness (QED) is 0.610. The number of aliphatic hydroxyl groups excluding tert-OH is 1. The molecule has 0 aliphatic heterocycles. The maximum atomic E-state index is 11.3. The van der Waals surface area contributed by atoms with Crippen LogP contribution < -0.4 is 5.32 Å². The van der Waals surface area contributed by atoms with Crippen molar-refractivity contribution in [2.24, 2.45) is 5.41 Å². The van der Waals surface area contributed by atoms with E-state index in [4.69, 9.17) is 5.11 Å². The molecule has 0 aromatic carbocycles. The number of rotatable bonds is 7. The minimum Gasteiger partial charge on any atom is -0.396 e. The Morgan fingerprint density at radius 3 is 2.64 bits per heavy atom. The summed E-state index contributed by atoms with van der Waals surface area (Å²) in [5, 5.41) is 11.9. The molecule has 0 aromatic rings. The standard InChI is InChI=1S/C11H21NO2/c1-2-3-4-5-10(14)12-8-11(9-13)6-7-11/h13H,2-9H2,1H3,(H,12,14). The number of carbonyl (C=O) groups excluding carboxylic acids is 1. The molecule has 3 heteroatoms. The fourth-order valence-corrected chi connectivity index (χ4v) is 1.48. The van der Waals surface area contributed by atoms with Crippen LogP contribution in [0.2, 0.25) is 0 Å². The first-order valence-corrected chi connectivity index (χ1v) is 5.60. The van der Waals surface area contributed by atoms with Gasteiger partial charge in [-0.25, -0.2) is 0 Å². The van der Waals surface area contributed by atoms with Gasteiger partial charge >= 0.3 is 0 Å². The molecule has 0 radical (unpaired) electrons. The zero-order chi connectivity index (χ0) is 10.4. The average Bonchev–Trinajstić information content (AvgIpc) is 2.96. The molecule has 0 aromatic heterocycles. The van der Waals surface area contributed by atoms with Crippen LogP contribution in [0.4, 0.5) is 0 Å². The molecule has 1 aliphatic carbocycles. The Balaban J connectivity index is 2.03.